The van der Waals surface area contributed by atoms with Crippen molar-refractivity contribution in [2.24, 2.45) is 0 Å². The fourth-order valence-electron chi connectivity index (χ4n) is 1.63. The van der Waals surface area contributed by atoms with Gasteiger partial charge < -0.3 is 0 Å². The van der Waals surface area contributed by atoms with Gasteiger partial charge in [-0.2, -0.15) is 0 Å². The molecule has 0 unspecified atom stereocenters. The Balaban J connectivity index is 2.58. The van der Waals surface area contributed by atoms with Crippen LogP contribution in [0.4, 0.5) is 4.79 Å². The number of rotatable bonds is 6. The zero-order valence-electron chi connectivity index (χ0n) is 13.4. The van der Waals surface area contributed by atoms with Gasteiger partial charge in [-0.15, -0.1) is 0 Å². The molecule has 1 atom stereocenters. The molecule has 0 aromatic heterocycles. The summed E-state index contributed by atoms with van der Waals surface area (Å²) in [5.41, 5.74) is 1.74. The normalized spacial score (nSPS) is 12.5. The molecule has 0 spiro atoms. The van der Waals surface area contributed by atoms with E-state index < -0.39 is 17.7 Å². The second-order valence-electron chi connectivity index (χ2n) is 6.03. The van der Waals surface area contributed by atoms with Crippen LogP contribution in [0, 0.1) is 6.92 Å². The molecule has 0 heterocycles. The van der Waals surface area contributed by atoms with Crippen molar-refractivity contribution in [1.29, 1.82) is 0 Å². The number of alkyl carbamates (subject to hydrolysis) is 1. The van der Waals surface area contributed by atoms with Crippen molar-refractivity contribution in [3.05, 3.63) is 35.4 Å². The average Bonchev–Trinajstić information content (AvgIpc) is 2.34. The van der Waals surface area contributed by atoms with Gasteiger partial charge in [0.2, 0.25) is 0 Å². The quantitative estimate of drug-likeness (QED) is 0.753. The van der Waals surface area contributed by atoms with Crippen molar-refractivity contribution >= 4 is 27.0 Å². The van der Waals surface area contributed by atoms with Crippen LogP contribution in [0.5, 0.6) is 0 Å². The second-order valence-corrected chi connectivity index (χ2v) is 8.53. The van der Waals surface area contributed by atoms with Crippen LogP contribution >= 0.6 is 0 Å². The van der Waals surface area contributed by atoms with E-state index in [1.54, 1.807) is 20.8 Å². The summed E-state index contributed by atoms with van der Waals surface area (Å²) < 4.78 is 5.18. The molecule has 2 N–H and O–H groups in total. The third-order valence-electron chi connectivity index (χ3n) is 2.61. The third kappa shape index (κ3) is 8.05. The maximum absolute atomic E-state index is 11.8. The van der Waals surface area contributed by atoms with E-state index in [4.69, 9.17) is 9.84 Å². The Morgan fingerprint density at radius 1 is 1.27 bits per heavy atom. The summed E-state index contributed by atoms with van der Waals surface area (Å²) in [6.07, 6.45) is -0.657. The number of aliphatic carboxylic acids is 1. The van der Waals surface area contributed by atoms with Crippen LogP contribution in [-0.2, 0) is 14.9 Å². The van der Waals surface area contributed by atoms with Gasteiger partial charge >= 0.3 is 137 Å². The molecule has 0 aliphatic carbocycles. The number of ether oxygens (including phenoxy) is 1. The Hall–Kier alpha value is -1.52. The number of carboxylic acid groups (broad SMARTS) is 1. The molecule has 0 fully saturated rings. The van der Waals surface area contributed by atoms with Crippen LogP contribution in [0.25, 0.3) is 0 Å². The fraction of sp³-hybridized carbons (Fsp3) is 0.500. The molecule has 0 radical (unpaired) electrons. The first-order chi connectivity index (χ1) is 10.2. The van der Waals surface area contributed by atoms with Crippen molar-refractivity contribution in [2.75, 3.05) is 0 Å². The van der Waals surface area contributed by atoms with Crippen molar-refractivity contribution in [3.63, 3.8) is 0 Å². The first-order valence-electron chi connectivity index (χ1n) is 7.04. The summed E-state index contributed by atoms with van der Waals surface area (Å²) in [5, 5.41) is 12.4. The van der Waals surface area contributed by atoms with Gasteiger partial charge in [0.25, 0.3) is 0 Å². The predicted molar refractivity (Wildman–Crippen MR) is 86.0 cm³/mol. The van der Waals surface area contributed by atoms with Gasteiger partial charge in [0, 0.05) is 0 Å². The molecule has 0 aliphatic rings. The van der Waals surface area contributed by atoms with Crippen LogP contribution in [0.3, 0.4) is 0 Å². The number of nitrogens with one attached hydrogen (secondary N) is 1. The van der Waals surface area contributed by atoms with E-state index in [0.717, 1.165) is 10.9 Å². The van der Waals surface area contributed by atoms with Crippen LogP contribution in [0.15, 0.2) is 24.3 Å². The number of hydrogen-bond acceptors (Lipinski definition) is 3. The molecule has 1 aromatic carbocycles. The van der Waals surface area contributed by atoms with Gasteiger partial charge in [-0.05, 0) is 0 Å². The second kappa shape index (κ2) is 8.20. The zero-order chi connectivity index (χ0) is 16.8. The van der Waals surface area contributed by atoms with Gasteiger partial charge in [0.1, 0.15) is 0 Å². The molecule has 5 nitrogen and oxygen atoms in total. The Morgan fingerprint density at radius 2 is 1.86 bits per heavy atom. The Kier molecular flexibility index (Phi) is 6.91. The van der Waals surface area contributed by atoms with Gasteiger partial charge in [-0.25, -0.2) is 0 Å². The van der Waals surface area contributed by atoms with Gasteiger partial charge in [-0.3, -0.25) is 0 Å². The van der Waals surface area contributed by atoms with E-state index >= 15 is 0 Å². The Morgan fingerprint density at radius 3 is 2.36 bits per heavy atom. The third-order valence-corrected chi connectivity index (χ3v) is 5.10. The zero-order valence-corrected chi connectivity index (χ0v) is 15.1. The first-order valence-corrected chi connectivity index (χ1v) is 9.24. The summed E-state index contributed by atoms with van der Waals surface area (Å²) in [6, 6.07) is 8.11. The number of carboxylic acids is 1. The number of amides is 1. The van der Waals surface area contributed by atoms with Crippen LogP contribution in [0.2, 0.25) is 0 Å². The number of carbonyl (C=O) groups is 2. The van der Waals surface area contributed by atoms with Crippen molar-refractivity contribution in [2.45, 2.75) is 50.0 Å². The molecular formula is C16H23NO4Se. The number of hydrogen-bond donors (Lipinski definition) is 2. The number of aryl methyl sites for hydroxylation is 1. The van der Waals surface area contributed by atoms with Crippen LogP contribution in [0.1, 0.15) is 38.3 Å². The fourth-order valence-corrected chi connectivity index (χ4v) is 3.78. The SMILES string of the molecule is Cc1ccc(C[Se][C@@H](CC(=O)O)NC(=O)OC(C)(C)C)cc1. The molecule has 0 bridgehead atoms. The van der Waals surface area contributed by atoms with E-state index in [1.165, 1.54) is 5.56 Å². The average molecular weight is 372 g/mol. The minimum absolute atomic E-state index is 0.0649. The minimum atomic E-state index is -0.924. The molecule has 1 amide bonds. The Labute approximate surface area is 137 Å². The van der Waals surface area contributed by atoms with Gasteiger partial charge in [-0.1, -0.05) is 0 Å². The van der Waals surface area contributed by atoms with Crippen LogP contribution in [-0.4, -0.2) is 42.7 Å². The summed E-state index contributed by atoms with van der Waals surface area (Å²) >= 11 is -0.0649. The van der Waals surface area contributed by atoms with E-state index in [-0.39, 0.29) is 26.3 Å². The Bertz CT molecular complexity index is 508. The number of benzene rings is 1. The predicted octanol–water partition coefficient (Wildman–Crippen LogP) is 2.52. The molecule has 6 heteroatoms. The molecule has 1 rings (SSSR count). The summed E-state index contributed by atoms with van der Waals surface area (Å²) in [4.78, 5) is 22.4. The summed E-state index contributed by atoms with van der Waals surface area (Å²) in [7, 11) is 0. The molecule has 0 saturated carbocycles. The monoisotopic (exact) mass is 373 g/mol. The summed E-state index contributed by atoms with van der Waals surface area (Å²) in [6.45, 7) is 7.34. The van der Waals surface area contributed by atoms with E-state index in [1.807, 2.05) is 31.2 Å². The first kappa shape index (κ1) is 18.5. The molecule has 0 saturated heterocycles. The van der Waals surface area contributed by atoms with E-state index in [9.17, 15) is 9.59 Å². The molecule has 22 heavy (non-hydrogen) atoms. The molecule has 1 aromatic rings. The molecule has 122 valence electrons. The van der Waals surface area contributed by atoms with Gasteiger partial charge in [0.15, 0.2) is 0 Å². The maximum atomic E-state index is 11.8. The molecular weight excluding hydrogens is 349 g/mol. The molecule has 0 aliphatic heterocycles. The topological polar surface area (TPSA) is 75.6 Å². The van der Waals surface area contributed by atoms with E-state index in [0.29, 0.717) is 0 Å². The van der Waals surface area contributed by atoms with Crippen molar-refractivity contribution in [3.8, 4) is 0 Å². The summed E-state index contributed by atoms with van der Waals surface area (Å²) in [5.74, 6) is -0.924. The van der Waals surface area contributed by atoms with E-state index in [2.05, 4.69) is 5.32 Å². The standard InChI is InChI=1S/C16H23NO4Se/c1-11-5-7-12(8-6-11)10-22-13(9-14(18)19)17-15(20)21-16(2,3)4/h5-8,13H,9-10H2,1-4H3,(H,17,20)(H,18,19)/t13-/m0/s1. The number of carbonyl (C=O) groups excluding carboxylic acids is 1. The van der Waals surface area contributed by atoms with Crippen molar-refractivity contribution < 1.29 is 19.4 Å². The van der Waals surface area contributed by atoms with Gasteiger partial charge in [0.05, 0.1) is 0 Å². The van der Waals surface area contributed by atoms with Crippen LogP contribution < -0.4 is 5.32 Å². The van der Waals surface area contributed by atoms with Crippen molar-refractivity contribution in [1.82, 2.24) is 5.32 Å².